The van der Waals surface area contributed by atoms with Crippen LogP contribution in [0.5, 0.6) is 0 Å². The summed E-state index contributed by atoms with van der Waals surface area (Å²) >= 11 is 0. The standard InChI is InChI=1S/C31H32F3N5O2/c1-19-18-35-30(36-20(2)21-10-5-3-6-11-21)38-26(19)24-17-25(29(41)39-14-7-4-8-15-39)28(40)37-27(24)22-12-9-13-23(16-22)31(32,33)34/h3,5-6,9-13,16-20,26H,4,7-8,14-15H2,1-2H3,(H,36,38)(H,37,40)/t19?,20-,26?/m0/s1. The van der Waals surface area contributed by atoms with E-state index in [-0.39, 0.29) is 34.7 Å². The number of carbonyl (C=O) groups excluding carboxylic acids is 1. The predicted molar refractivity (Wildman–Crippen MR) is 153 cm³/mol. The van der Waals surface area contributed by atoms with Crippen molar-refractivity contribution in [1.29, 1.82) is 0 Å². The van der Waals surface area contributed by atoms with Crippen LogP contribution in [0.1, 0.15) is 72.2 Å². The van der Waals surface area contributed by atoms with Gasteiger partial charge in [-0.25, -0.2) is 9.98 Å². The Morgan fingerprint density at radius 3 is 2.49 bits per heavy atom. The lowest BCUT2D eigenvalue weighted by Crippen LogP contribution is -2.38. The van der Waals surface area contributed by atoms with E-state index in [0.29, 0.717) is 24.6 Å². The Morgan fingerprint density at radius 1 is 1.05 bits per heavy atom. The van der Waals surface area contributed by atoms with Crippen LogP contribution in [0.4, 0.5) is 13.2 Å². The van der Waals surface area contributed by atoms with Gasteiger partial charge in [-0.15, -0.1) is 0 Å². The van der Waals surface area contributed by atoms with Gasteiger partial charge in [-0.1, -0.05) is 49.4 Å². The second-order valence-corrected chi connectivity index (χ2v) is 10.6. The second-order valence-electron chi connectivity index (χ2n) is 10.6. The molecule has 1 aromatic heterocycles. The Morgan fingerprint density at radius 2 is 1.78 bits per heavy atom. The molecule has 0 aliphatic carbocycles. The maximum Gasteiger partial charge on any atom is 0.416 e. The molecular formula is C31H32F3N5O2. The minimum Gasteiger partial charge on any atom is -0.348 e. The van der Waals surface area contributed by atoms with E-state index < -0.39 is 23.3 Å². The number of nitrogens with zero attached hydrogens (tertiary/aromatic N) is 3. The van der Waals surface area contributed by atoms with Gasteiger partial charge in [0.25, 0.3) is 11.5 Å². The normalized spacial score (nSPS) is 19.9. The van der Waals surface area contributed by atoms with Crippen molar-refractivity contribution < 1.29 is 18.0 Å². The molecule has 7 nitrogen and oxygen atoms in total. The molecule has 3 atom stereocenters. The van der Waals surface area contributed by atoms with Gasteiger partial charge in [-0.2, -0.15) is 13.2 Å². The number of hydrogen-bond acceptors (Lipinski definition) is 5. The summed E-state index contributed by atoms with van der Waals surface area (Å²) in [5.74, 6) is -0.296. The van der Waals surface area contributed by atoms with Crippen LogP contribution in [-0.4, -0.2) is 41.1 Å². The fourth-order valence-electron chi connectivity index (χ4n) is 5.29. The van der Waals surface area contributed by atoms with E-state index in [4.69, 9.17) is 4.99 Å². The number of halogens is 3. The molecule has 41 heavy (non-hydrogen) atoms. The molecule has 5 rings (SSSR count). The number of guanidine groups is 1. The number of pyridine rings is 1. The number of carbonyl (C=O) groups is 1. The van der Waals surface area contributed by atoms with Gasteiger partial charge in [0.1, 0.15) is 5.56 Å². The topological polar surface area (TPSA) is 89.9 Å². The zero-order valence-electron chi connectivity index (χ0n) is 22.9. The van der Waals surface area contributed by atoms with Gasteiger partial charge in [0.2, 0.25) is 5.96 Å². The van der Waals surface area contributed by atoms with Gasteiger partial charge >= 0.3 is 6.18 Å². The number of hydrogen-bond donors (Lipinski definition) is 2. The Balaban J connectivity index is 1.60. The molecule has 3 aromatic rings. The van der Waals surface area contributed by atoms with Crippen LogP contribution < -0.4 is 10.9 Å². The quantitative estimate of drug-likeness (QED) is 0.390. The lowest BCUT2D eigenvalue weighted by Gasteiger charge is -2.28. The number of rotatable bonds is 5. The molecule has 0 bridgehead atoms. The van der Waals surface area contributed by atoms with Crippen LogP contribution in [0.25, 0.3) is 11.3 Å². The molecule has 0 radical (unpaired) electrons. The number of aromatic nitrogens is 1. The molecule has 2 aliphatic rings. The number of nitrogens with one attached hydrogen (secondary N) is 2. The number of aromatic amines is 1. The van der Waals surface area contributed by atoms with Gasteiger partial charge < -0.3 is 15.2 Å². The zero-order chi connectivity index (χ0) is 29.1. The molecule has 1 saturated heterocycles. The van der Waals surface area contributed by atoms with E-state index in [1.165, 1.54) is 18.2 Å². The highest BCUT2D eigenvalue weighted by Gasteiger charge is 2.32. The molecule has 214 valence electrons. The van der Waals surface area contributed by atoms with Crippen molar-refractivity contribution in [1.82, 2.24) is 15.2 Å². The van der Waals surface area contributed by atoms with Gasteiger partial charge in [-0.3, -0.25) is 9.59 Å². The summed E-state index contributed by atoms with van der Waals surface area (Å²) < 4.78 is 40.8. The van der Waals surface area contributed by atoms with Crippen LogP contribution in [0.15, 0.2) is 75.4 Å². The average molecular weight is 564 g/mol. The first-order valence-electron chi connectivity index (χ1n) is 13.8. The minimum atomic E-state index is -4.56. The number of benzene rings is 2. The number of amides is 1. The van der Waals surface area contributed by atoms with Crippen LogP contribution in [0.3, 0.4) is 0 Å². The maximum absolute atomic E-state index is 13.6. The Hall–Kier alpha value is -4.21. The molecule has 1 amide bonds. The first kappa shape index (κ1) is 28.3. The predicted octanol–water partition coefficient (Wildman–Crippen LogP) is 6.16. The summed E-state index contributed by atoms with van der Waals surface area (Å²) in [6, 6.07) is 15.3. The largest absolute Gasteiger partial charge is 0.416 e. The fraction of sp³-hybridized carbons (Fsp3) is 0.355. The van der Waals surface area contributed by atoms with Crippen molar-refractivity contribution in [3.8, 4) is 11.3 Å². The summed E-state index contributed by atoms with van der Waals surface area (Å²) in [4.78, 5) is 40.4. The third kappa shape index (κ3) is 6.26. The molecule has 0 spiro atoms. The number of H-pyrrole nitrogens is 1. The number of likely N-dealkylation sites (tertiary alicyclic amines) is 1. The first-order valence-corrected chi connectivity index (χ1v) is 13.8. The molecule has 2 aromatic carbocycles. The number of aliphatic imine (C=N–C) groups is 2. The van der Waals surface area contributed by atoms with E-state index >= 15 is 0 Å². The van der Waals surface area contributed by atoms with Gasteiger partial charge in [0.05, 0.1) is 23.3 Å². The smallest absolute Gasteiger partial charge is 0.348 e. The fourth-order valence-corrected chi connectivity index (χ4v) is 5.29. The van der Waals surface area contributed by atoms with E-state index in [9.17, 15) is 22.8 Å². The summed E-state index contributed by atoms with van der Waals surface area (Å²) in [7, 11) is 0. The van der Waals surface area contributed by atoms with Crippen LogP contribution in [-0.2, 0) is 6.18 Å². The molecule has 2 unspecified atom stereocenters. The van der Waals surface area contributed by atoms with Crippen LogP contribution in [0.2, 0.25) is 0 Å². The van der Waals surface area contributed by atoms with Crippen molar-refractivity contribution in [2.45, 2.75) is 51.4 Å². The third-order valence-electron chi connectivity index (χ3n) is 7.58. The highest BCUT2D eigenvalue weighted by Crippen LogP contribution is 2.37. The van der Waals surface area contributed by atoms with Gasteiger partial charge in [0.15, 0.2) is 0 Å². The lowest BCUT2D eigenvalue weighted by atomic mass is 9.90. The van der Waals surface area contributed by atoms with Crippen molar-refractivity contribution in [3.63, 3.8) is 0 Å². The van der Waals surface area contributed by atoms with E-state index in [2.05, 4.69) is 15.3 Å². The molecule has 2 N–H and O–H groups in total. The summed E-state index contributed by atoms with van der Waals surface area (Å²) in [5, 5.41) is 3.30. The Bertz CT molecular complexity index is 1520. The zero-order valence-corrected chi connectivity index (χ0v) is 22.9. The van der Waals surface area contributed by atoms with Crippen LogP contribution in [0, 0.1) is 5.92 Å². The van der Waals surface area contributed by atoms with Crippen molar-refractivity contribution in [3.05, 3.63) is 93.3 Å². The van der Waals surface area contributed by atoms with E-state index in [1.807, 2.05) is 44.2 Å². The summed E-state index contributed by atoms with van der Waals surface area (Å²) in [6.07, 6.45) is -0.106. The average Bonchev–Trinajstić information content (AvgIpc) is 2.98. The molecule has 1 fully saturated rings. The van der Waals surface area contributed by atoms with E-state index in [0.717, 1.165) is 37.0 Å². The Labute approximate surface area is 236 Å². The lowest BCUT2D eigenvalue weighted by molar-refractivity contribution is -0.137. The summed E-state index contributed by atoms with van der Waals surface area (Å²) in [5.41, 5.74) is 0.335. The molecular weight excluding hydrogens is 531 g/mol. The van der Waals surface area contributed by atoms with Crippen molar-refractivity contribution in [2.24, 2.45) is 15.9 Å². The molecule has 10 heteroatoms. The van der Waals surface area contributed by atoms with Gasteiger partial charge in [-0.05, 0) is 55.5 Å². The first-order chi connectivity index (χ1) is 19.6. The molecule has 3 heterocycles. The number of piperidine rings is 1. The van der Waals surface area contributed by atoms with Crippen LogP contribution >= 0.6 is 0 Å². The SMILES string of the molecule is CC1C=NC(N[C@@H](C)c2ccccc2)=NC1c1cc(C(=O)N2CCCCC2)c(=O)[nH]c1-c1cccc(C(F)(F)F)c1. The highest BCUT2D eigenvalue weighted by molar-refractivity contribution is 5.95. The number of alkyl halides is 3. The van der Waals surface area contributed by atoms with E-state index in [1.54, 1.807) is 11.1 Å². The highest BCUT2D eigenvalue weighted by atomic mass is 19.4. The minimum absolute atomic E-state index is 0.0466. The molecule has 2 aliphatic heterocycles. The second kappa shape index (κ2) is 11.7. The third-order valence-corrected chi connectivity index (χ3v) is 7.58. The summed E-state index contributed by atoms with van der Waals surface area (Å²) in [6.45, 7) is 4.98. The van der Waals surface area contributed by atoms with Gasteiger partial charge in [0, 0.05) is 30.8 Å². The monoisotopic (exact) mass is 563 g/mol. The van der Waals surface area contributed by atoms with Crippen molar-refractivity contribution in [2.75, 3.05) is 13.1 Å². The maximum atomic E-state index is 13.6. The van der Waals surface area contributed by atoms with Crippen molar-refractivity contribution >= 4 is 18.1 Å². The Kier molecular flexibility index (Phi) is 8.10. The molecule has 0 saturated carbocycles.